The molecule has 17 heteroatoms. The molecule has 0 radical (unpaired) electrons. The first-order valence-electron chi connectivity index (χ1n) is 11.2. The van der Waals surface area contributed by atoms with Crippen LogP contribution in [0.4, 0.5) is 4.79 Å². The summed E-state index contributed by atoms with van der Waals surface area (Å²) in [4.78, 5) is 52.4. The molecule has 1 fully saturated rings. The lowest BCUT2D eigenvalue weighted by Crippen LogP contribution is -2.71. The van der Waals surface area contributed by atoms with E-state index >= 15 is 0 Å². The number of carboxylic acids is 1. The zero-order chi connectivity index (χ0) is 28.1. The van der Waals surface area contributed by atoms with Gasteiger partial charge in [0.15, 0.2) is 5.03 Å². The summed E-state index contributed by atoms with van der Waals surface area (Å²) in [5.74, 6) is -2.08. The van der Waals surface area contributed by atoms with Crippen molar-refractivity contribution < 1.29 is 33.9 Å². The van der Waals surface area contributed by atoms with Gasteiger partial charge in [0.2, 0.25) is 5.91 Å². The lowest BCUT2D eigenvalue weighted by atomic mass is 10.0. The number of aromatic nitrogens is 2. The van der Waals surface area contributed by atoms with E-state index in [0.29, 0.717) is 20.3 Å². The van der Waals surface area contributed by atoms with Crippen LogP contribution in [0.25, 0.3) is 0 Å². The number of nitrogens with zero attached hydrogens (tertiary/aromatic N) is 4. The van der Waals surface area contributed by atoms with Crippen molar-refractivity contribution in [3.05, 3.63) is 51.0 Å². The molecule has 0 aliphatic carbocycles. The minimum atomic E-state index is -1.29. The van der Waals surface area contributed by atoms with E-state index in [0.717, 1.165) is 16.7 Å². The number of rotatable bonds is 10. The molecular weight excluding hydrogens is 570 g/mol. The minimum absolute atomic E-state index is 0.0134. The SMILES string of the molecule is COc1ccc(SCC2=C(C(=O)O)N3C(=O)[C@H](NC(=O)C(NC(=O)NCC#N)c4cccs4)C3SC2)n[n+]1[O-]. The quantitative estimate of drug-likeness (QED) is 0.0965. The van der Waals surface area contributed by atoms with E-state index < -0.39 is 41.3 Å². The third-order valence-corrected chi connectivity index (χ3v) is 8.87. The van der Waals surface area contributed by atoms with Gasteiger partial charge in [0.05, 0.1) is 19.2 Å². The summed E-state index contributed by atoms with van der Waals surface area (Å²) in [6, 6.07) is 5.26. The van der Waals surface area contributed by atoms with Gasteiger partial charge >= 0.3 is 17.9 Å². The number of carbonyl (C=O) groups excluding carboxylic acids is 3. The molecule has 0 saturated carbocycles. The van der Waals surface area contributed by atoms with Crippen molar-refractivity contribution in [3.63, 3.8) is 0 Å². The topological polar surface area (TPSA) is 201 Å². The van der Waals surface area contributed by atoms with Gasteiger partial charge in [0, 0.05) is 21.5 Å². The largest absolute Gasteiger partial charge is 0.591 e. The van der Waals surface area contributed by atoms with Gasteiger partial charge in [-0.15, -0.1) is 23.1 Å². The minimum Gasteiger partial charge on any atom is -0.591 e. The Bertz CT molecular complexity index is 1360. The highest BCUT2D eigenvalue weighted by molar-refractivity contribution is 8.01. The van der Waals surface area contributed by atoms with Crippen molar-refractivity contribution in [1.82, 2.24) is 25.9 Å². The number of nitrogens with one attached hydrogen (secondary N) is 3. The van der Waals surface area contributed by atoms with Crippen LogP contribution in [0.15, 0.2) is 45.9 Å². The molecule has 0 bridgehead atoms. The summed E-state index contributed by atoms with van der Waals surface area (Å²) >= 11 is 3.65. The van der Waals surface area contributed by atoms with E-state index in [4.69, 9.17) is 10.00 Å². The molecule has 0 aromatic carbocycles. The highest BCUT2D eigenvalue weighted by atomic mass is 32.2. The van der Waals surface area contributed by atoms with E-state index in [-0.39, 0.29) is 29.6 Å². The molecule has 2 aromatic rings. The molecule has 2 unspecified atom stereocenters. The third kappa shape index (κ3) is 6.02. The van der Waals surface area contributed by atoms with Gasteiger partial charge < -0.3 is 31.0 Å². The van der Waals surface area contributed by atoms with Crippen LogP contribution in [0.1, 0.15) is 10.9 Å². The average molecular weight is 592 g/mol. The molecule has 4 amide bonds. The fourth-order valence-electron chi connectivity index (χ4n) is 3.82. The molecule has 2 aliphatic heterocycles. The Morgan fingerprint density at radius 3 is 2.85 bits per heavy atom. The van der Waals surface area contributed by atoms with Crippen molar-refractivity contribution in [2.24, 2.45) is 0 Å². The summed E-state index contributed by atoms with van der Waals surface area (Å²) in [6.45, 7) is -0.254. The lowest BCUT2D eigenvalue weighted by Gasteiger charge is -2.49. The number of fused-ring (bicyclic) bond motifs is 1. The van der Waals surface area contributed by atoms with Gasteiger partial charge in [-0.05, 0) is 27.9 Å². The van der Waals surface area contributed by atoms with Crippen LogP contribution < -0.4 is 25.5 Å². The third-order valence-electron chi connectivity index (χ3n) is 5.59. The molecule has 1 saturated heterocycles. The molecule has 3 atom stereocenters. The Balaban J connectivity index is 1.46. The molecule has 4 N–H and O–H groups in total. The van der Waals surface area contributed by atoms with Crippen LogP contribution in [0.3, 0.4) is 0 Å². The number of carboxylic acid groups (broad SMARTS) is 1. The fraction of sp³-hybridized carbons (Fsp3) is 0.318. The summed E-state index contributed by atoms with van der Waals surface area (Å²) in [6.07, 6.45) is 0. The number of hydrogen-bond donors (Lipinski definition) is 4. The first-order chi connectivity index (χ1) is 18.7. The van der Waals surface area contributed by atoms with E-state index in [2.05, 4.69) is 21.0 Å². The van der Waals surface area contributed by atoms with Crippen LogP contribution in [-0.4, -0.2) is 75.5 Å². The second kappa shape index (κ2) is 12.2. The number of methoxy groups -OCH3 is 1. The Morgan fingerprint density at radius 1 is 1.41 bits per heavy atom. The highest BCUT2D eigenvalue weighted by Gasteiger charge is 2.54. The maximum Gasteiger partial charge on any atom is 0.405 e. The number of nitriles is 1. The fourth-order valence-corrected chi connectivity index (χ4v) is 6.92. The molecule has 4 heterocycles. The summed E-state index contributed by atoms with van der Waals surface area (Å²) in [5, 5.41) is 43.0. The van der Waals surface area contributed by atoms with E-state index in [1.165, 1.54) is 36.3 Å². The van der Waals surface area contributed by atoms with Gasteiger partial charge in [-0.2, -0.15) is 5.26 Å². The molecule has 14 nitrogen and oxygen atoms in total. The number of hydrogen-bond acceptors (Lipinski definition) is 11. The van der Waals surface area contributed by atoms with Crippen LogP contribution in [0.5, 0.6) is 5.88 Å². The van der Waals surface area contributed by atoms with Gasteiger partial charge in [-0.1, -0.05) is 17.8 Å². The van der Waals surface area contributed by atoms with Crippen molar-refractivity contribution >= 4 is 58.7 Å². The molecule has 0 spiro atoms. The van der Waals surface area contributed by atoms with Crippen molar-refractivity contribution in [1.29, 1.82) is 5.26 Å². The summed E-state index contributed by atoms with van der Waals surface area (Å²) < 4.78 is 4.88. The van der Waals surface area contributed by atoms with Crippen molar-refractivity contribution in [2.75, 3.05) is 25.2 Å². The first kappa shape index (κ1) is 28.0. The van der Waals surface area contributed by atoms with Crippen molar-refractivity contribution in [3.8, 4) is 11.9 Å². The number of amides is 4. The standard InChI is InChI=1S/C22H21N7O7S3/c1-36-14-5-4-13(27-29(14)35)38-9-11-10-39-20-16(19(31)28(20)17(11)21(32)33)25-18(30)15(12-3-2-8-37-12)26-22(34)24-7-6-23/h2-5,8,15-16,20H,7,9-10H2,1H3,(H,25,30)(H,32,33)(H2,24,26,34)/t15?,16-,20?/m0/s1. The Morgan fingerprint density at radius 2 is 2.21 bits per heavy atom. The van der Waals surface area contributed by atoms with E-state index in [1.807, 2.05) is 0 Å². The summed E-state index contributed by atoms with van der Waals surface area (Å²) in [5.41, 5.74) is 0.295. The molecule has 2 aromatic heterocycles. The van der Waals surface area contributed by atoms with E-state index in [1.54, 1.807) is 29.6 Å². The summed E-state index contributed by atoms with van der Waals surface area (Å²) in [7, 11) is 1.34. The van der Waals surface area contributed by atoms with Crippen molar-refractivity contribution in [2.45, 2.75) is 22.5 Å². The average Bonchev–Trinajstić information content (AvgIpc) is 3.46. The maximum absolute atomic E-state index is 13.1. The van der Waals surface area contributed by atoms with E-state index in [9.17, 15) is 29.5 Å². The predicted molar refractivity (Wildman–Crippen MR) is 139 cm³/mol. The number of aliphatic carboxylic acids is 1. The van der Waals surface area contributed by atoms with Crippen LogP contribution in [-0.2, 0) is 14.4 Å². The van der Waals surface area contributed by atoms with Gasteiger partial charge in [-0.25, -0.2) is 9.59 Å². The predicted octanol–water partition coefficient (Wildman–Crippen LogP) is 0.180. The molecule has 2 aliphatic rings. The number of β-lactam (4-membered cyclic amide) rings is 1. The van der Waals surface area contributed by atoms with Crippen LogP contribution >= 0.6 is 34.9 Å². The number of ether oxygens (including phenoxy) is 1. The monoisotopic (exact) mass is 591 g/mol. The number of thioether (sulfide) groups is 2. The number of carbonyl (C=O) groups is 4. The zero-order valence-electron chi connectivity index (χ0n) is 20.2. The lowest BCUT2D eigenvalue weighted by molar-refractivity contribution is -0.678. The Kier molecular flexibility index (Phi) is 8.79. The molecule has 39 heavy (non-hydrogen) atoms. The van der Waals surface area contributed by atoms with Crippen LogP contribution in [0, 0.1) is 16.5 Å². The maximum atomic E-state index is 13.1. The normalized spacial score (nSPS) is 18.8. The number of urea groups is 1. The second-order valence-electron chi connectivity index (χ2n) is 7.96. The zero-order valence-corrected chi connectivity index (χ0v) is 22.6. The Hall–Kier alpha value is -4.01. The second-order valence-corrected chi connectivity index (χ2v) is 11.0. The first-order valence-corrected chi connectivity index (χ1v) is 14.1. The smallest absolute Gasteiger partial charge is 0.405 e. The molecule has 4 rings (SSSR count). The molecular formula is C22H21N7O7S3. The molecule has 204 valence electrons. The van der Waals surface area contributed by atoms with Gasteiger partial charge in [-0.3, -0.25) is 14.5 Å². The van der Waals surface area contributed by atoms with Gasteiger partial charge in [0.1, 0.15) is 29.7 Å². The Labute approximate surface area is 234 Å². The highest BCUT2D eigenvalue weighted by Crippen LogP contribution is 2.41. The number of thiophene rings is 1. The van der Waals surface area contributed by atoms with Gasteiger partial charge in [0.25, 0.3) is 5.91 Å². The van der Waals surface area contributed by atoms with Crippen LogP contribution in [0.2, 0.25) is 0 Å².